The fourth-order valence-electron chi connectivity index (χ4n) is 1.75. The number of nitrogens with zero attached hydrogens (tertiary/aromatic N) is 1. The second-order valence-electron chi connectivity index (χ2n) is 4.31. The van der Waals surface area contributed by atoms with Gasteiger partial charge in [-0.2, -0.15) is 13.2 Å². The van der Waals surface area contributed by atoms with Crippen LogP contribution in [0.25, 0.3) is 0 Å². The summed E-state index contributed by atoms with van der Waals surface area (Å²) in [5.74, 6) is 0.0589. The van der Waals surface area contributed by atoms with Gasteiger partial charge in [0.25, 0.3) is 0 Å². The van der Waals surface area contributed by atoms with Crippen molar-refractivity contribution in [2.45, 2.75) is 12.8 Å². The van der Waals surface area contributed by atoms with Crippen LogP contribution in [0.3, 0.4) is 0 Å². The third kappa shape index (κ3) is 4.24. The Kier molecular flexibility index (Phi) is 4.47. The third-order valence-corrected chi connectivity index (χ3v) is 2.71. The van der Waals surface area contributed by atoms with E-state index in [0.717, 1.165) is 23.9 Å². The van der Waals surface area contributed by atoms with Gasteiger partial charge in [0.2, 0.25) is 0 Å². The molecule has 0 saturated heterocycles. The molecule has 110 valence electrons. The van der Waals surface area contributed by atoms with E-state index in [9.17, 15) is 13.2 Å². The summed E-state index contributed by atoms with van der Waals surface area (Å²) < 4.78 is 43.7. The molecular formula is C15H12F3NO2. The first-order valence-electron chi connectivity index (χ1n) is 6.05. The zero-order valence-corrected chi connectivity index (χ0v) is 10.8. The number of alkyl halides is 3. The van der Waals surface area contributed by atoms with E-state index in [0.29, 0.717) is 0 Å². The second kappa shape index (κ2) is 6.30. The van der Waals surface area contributed by atoms with E-state index >= 15 is 0 Å². The molecule has 1 N–H and O–H groups in total. The zero-order chi connectivity index (χ0) is 15.3. The molecule has 3 nitrogen and oxygen atoms in total. The monoisotopic (exact) mass is 295 g/mol. The Hall–Kier alpha value is -2.50. The van der Waals surface area contributed by atoms with Crippen molar-refractivity contribution < 1.29 is 23.1 Å². The van der Waals surface area contributed by atoms with E-state index in [2.05, 4.69) is 5.16 Å². The van der Waals surface area contributed by atoms with Gasteiger partial charge in [0.1, 0.15) is 12.4 Å². The molecule has 0 atom stereocenters. The summed E-state index contributed by atoms with van der Waals surface area (Å²) in [6.07, 6.45) is -3.57. The summed E-state index contributed by atoms with van der Waals surface area (Å²) in [4.78, 5) is 0. The minimum atomic E-state index is -4.50. The summed E-state index contributed by atoms with van der Waals surface area (Å²) >= 11 is 0. The second-order valence-corrected chi connectivity index (χ2v) is 4.31. The van der Waals surface area contributed by atoms with E-state index in [-0.39, 0.29) is 17.9 Å². The molecule has 0 aromatic heterocycles. The molecule has 0 spiro atoms. The van der Waals surface area contributed by atoms with Crippen LogP contribution in [-0.2, 0) is 12.8 Å². The van der Waals surface area contributed by atoms with Crippen LogP contribution in [0.2, 0.25) is 0 Å². The van der Waals surface area contributed by atoms with Crippen LogP contribution in [0.1, 0.15) is 16.7 Å². The first kappa shape index (κ1) is 14.9. The maximum atomic E-state index is 12.8. The first-order valence-corrected chi connectivity index (χ1v) is 6.05. The molecule has 0 saturated carbocycles. The summed E-state index contributed by atoms with van der Waals surface area (Å²) in [6, 6.07) is 12.3. The Morgan fingerprint density at radius 2 is 1.81 bits per heavy atom. The lowest BCUT2D eigenvalue weighted by Gasteiger charge is -2.12. The van der Waals surface area contributed by atoms with Gasteiger partial charge in [-0.25, -0.2) is 0 Å². The number of hydrogen-bond acceptors (Lipinski definition) is 3. The highest BCUT2D eigenvalue weighted by Crippen LogP contribution is 2.32. The Balaban J connectivity index is 2.24. The Morgan fingerprint density at radius 3 is 2.43 bits per heavy atom. The highest BCUT2D eigenvalue weighted by Gasteiger charge is 2.31. The molecular weight excluding hydrogens is 283 g/mol. The largest absolute Gasteiger partial charge is 0.489 e. The molecule has 0 aliphatic heterocycles. The fourth-order valence-corrected chi connectivity index (χ4v) is 1.75. The number of benzene rings is 2. The predicted molar refractivity (Wildman–Crippen MR) is 71.6 cm³/mol. The molecule has 0 heterocycles. The van der Waals surface area contributed by atoms with Crippen molar-refractivity contribution in [3.8, 4) is 5.75 Å². The van der Waals surface area contributed by atoms with E-state index in [4.69, 9.17) is 9.94 Å². The number of hydrogen-bond donors (Lipinski definition) is 1. The lowest BCUT2D eigenvalue weighted by atomic mass is 10.1. The van der Waals surface area contributed by atoms with Crippen LogP contribution in [0, 0.1) is 0 Å². The molecule has 2 rings (SSSR count). The molecule has 0 amide bonds. The predicted octanol–water partition coefficient (Wildman–Crippen LogP) is 4.09. The van der Waals surface area contributed by atoms with Gasteiger partial charge in [0, 0.05) is 5.56 Å². The molecule has 0 unspecified atom stereocenters. The van der Waals surface area contributed by atoms with Gasteiger partial charge in [-0.15, -0.1) is 0 Å². The minimum absolute atomic E-state index is 0.0589. The number of halogens is 3. The van der Waals surface area contributed by atoms with Crippen molar-refractivity contribution in [3.05, 3.63) is 65.2 Å². The Labute approximate surface area is 119 Å². The SMILES string of the molecule is ON=Cc1cc(OCc2ccccc2)cc(C(F)(F)F)c1. The quantitative estimate of drug-likeness (QED) is 0.524. The van der Waals surface area contributed by atoms with Crippen LogP contribution in [0.5, 0.6) is 5.75 Å². The van der Waals surface area contributed by atoms with E-state index in [1.54, 1.807) is 0 Å². The molecule has 0 bridgehead atoms. The first-order chi connectivity index (χ1) is 9.99. The molecule has 0 aliphatic carbocycles. The van der Waals surface area contributed by atoms with E-state index < -0.39 is 11.7 Å². The number of ether oxygens (including phenoxy) is 1. The van der Waals surface area contributed by atoms with Gasteiger partial charge in [-0.1, -0.05) is 35.5 Å². The van der Waals surface area contributed by atoms with Gasteiger partial charge in [0.15, 0.2) is 0 Å². The smallest absolute Gasteiger partial charge is 0.416 e. The van der Waals surface area contributed by atoms with Crippen molar-refractivity contribution in [2.75, 3.05) is 0 Å². The van der Waals surface area contributed by atoms with Crippen LogP contribution < -0.4 is 4.74 Å². The van der Waals surface area contributed by atoms with Crippen molar-refractivity contribution in [1.29, 1.82) is 0 Å². The molecule has 21 heavy (non-hydrogen) atoms. The lowest BCUT2D eigenvalue weighted by molar-refractivity contribution is -0.137. The van der Waals surface area contributed by atoms with Crippen LogP contribution in [-0.4, -0.2) is 11.4 Å². The van der Waals surface area contributed by atoms with E-state index in [1.165, 1.54) is 6.07 Å². The van der Waals surface area contributed by atoms with Crippen LogP contribution in [0.15, 0.2) is 53.7 Å². The molecule has 0 aliphatic rings. The lowest BCUT2D eigenvalue weighted by Crippen LogP contribution is -2.07. The van der Waals surface area contributed by atoms with Crippen LogP contribution in [0.4, 0.5) is 13.2 Å². The van der Waals surface area contributed by atoms with Crippen LogP contribution >= 0.6 is 0 Å². The topological polar surface area (TPSA) is 41.8 Å². The van der Waals surface area contributed by atoms with Gasteiger partial charge in [-0.3, -0.25) is 0 Å². The van der Waals surface area contributed by atoms with Crippen molar-refractivity contribution in [1.82, 2.24) is 0 Å². The number of rotatable bonds is 4. The standard InChI is InChI=1S/C15H12F3NO2/c16-15(17,18)13-6-12(9-19-20)7-14(8-13)21-10-11-4-2-1-3-5-11/h1-9,20H,10H2. The van der Waals surface area contributed by atoms with Gasteiger partial charge < -0.3 is 9.94 Å². The summed E-state index contributed by atoms with van der Waals surface area (Å²) in [5.41, 5.74) is 0.0886. The molecule has 0 radical (unpaired) electrons. The van der Waals surface area contributed by atoms with E-state index in [1.807, 2.05) is 30.3 Å². The van der Waals surface area contributed by atoms with Gasteiger partial charge >= 0.3 is 6.18 Å². The maximum Gasteiger partial charge on any atom is 0.416 e. The summed E-state index contributed by atoms with van der Waals surface area (Å²) in [7, 11) is 0. The third-order valence-electron chi connectivity index (χ3n) is 2.71. The Morgan fingerprint density at radius 1 is 1.10 bits per heavy atom. The summed E-state index contributed by atoms with van der Waals surface area (Å²) in [5, 5.41) is 11.2. The van der Waals surface area contributed by atoms with Crippen molar-refractivity contribution >= 4 is 6.21 Å². The highest BCUT2D eigenvalue weighted by molar-refractivity contribution is 5.80. The van der Waals surface area contributed by atoms with Crippen molar-refractivity contribution in [3.63, 3.8) is 0 Å². The average Bonchev–Trinajstić information content (AvgIpc) is 2.45. The van der Waals surface area contributed by atoms with Crippen molar-refractivity contribution in [2.24, 2.45) is 5.16 Å². The highest BCUT2D eigenvalue weighted by atomic mass is 19.4. The maximum absolute atomic E-state index is 12.8. The Bertz CT molecular complexity index is 625. The summed E-state index contributed by atoms with van der Waals surface area (Å²) in [6.45, 7) is 0.151. The molecule has 0 fully saturated rings. The molecule has 2 aromatic carbocycles. The number of oxime groups is 1. The zero-order valence-electron chi connectivity index (χ0n) is 10.8. The average molecular weight is 295 g/mol. The molecule has 2 aromatic rings. The van der Waals surface area contributed by atoms with Gasteiger partial charge in [-0.05, 0) is 23.8 Å². The fraction of sp³-hybridized carbons (Fsp3) is 0.133. The molecule has 6 heteroatoms. The minimum Gasteiger partial charge on any atom is -0.489 e. The normalized spacial score (nSPS) is 11.8. The van der Waals surface area contributed by atoms with Gasteiger partial charge in [0.05, 0.1) is 11.8 Å².